The van der Waals surface area contributed by atoms with Crippen LogP contribution >= 0.6 is 0 Å². The highest BCUT2D eigenvalue weighted by Crippen LogP contribution is 2.36. The first-order valence-corrected chi connectivity index (χ1v) is 8.67. The molecule has 1 fully saturated rings. The summed E-state index contributed by atoms with van der Waals surface area (Å²) >= 11 is 0. The van der Waals surface area contributed by atoms with Crippen LogP contribution in [0.1, 0.15) is 15.9 Å². The maximum absolute atomic E-state index is 13.9. The number of nitrogens with one attached hydrogen (secondary N) is 1. The molecule has 156 valence electrons. The Morgan fingerprint density at radius 1 is 0.966 bits per heavy atom. The number of benzene rings is 2. The highest BCUT2D eigenvalue weighted by molar-refractivity contribution is 6.06. The average Bonchev–Trinajstić information content (AvgIpc) is 2.66. The van der Waals surface area contributed by atoms with E-state index in [1.807, 2.05) is 11.9 Å². The zero-order valence-corrected chi connectivity index (χ0v) is 15.3. The van der Waals surface area contributed by atoms with Crippen LogP contribution in [0.3, 0.4) is 0 Å². The molecule has 4 nitrogen and oxygen atoms in total. The minimum atomic E-state index is -4.66. The molecule has 29 heavy (non-hydrogen) atoms. The van der Waals surface area contributed by atoms with Crippen LogP contribution in [-0.4, -0.2) is 44.0 Å². The van der Waals surface area contributed by atoms with E-state index in [9.17, 15) is 31.1 Å². The monoisotopic (exact) mass is 417 g/mol. The van der Waals surface area contributed by atoms with Crippen molar-refractivity contribution in [2.45, 2.75) is 6.18 Å². The zero-order chi connectivity index (χ0) is 21.3. The molecular weight excluding hydrogens is 400 g/mol. The molecule has 1 aliphatic rings. The van der Waals surface area contributed by atoms with E-state index in [0.29, 0.717) is 37.9 Å². The van der Waals surface area contributed by atoms with Gasteiger partial charge in [-0.3, -0.25) is 4.79 Å². The van der Waals surface area contributed by atoms with Crippen LogP contribution in [-0.2, 0) is 6.18 Å². The molecule has 0 bridgehead atoms. The van der Waals surface area contributed by atoms with E-state index in [1.54, 1.807) is 4.90 Å². The van der Waals surface area contributed by atoms with Gasteiger partial charge in [0, 0.05) is 26.2 Å². The van der Waals surface area contributed by atoms with Crippen molar-refractivity contribution in [1.29, 1.82) is 0 Å². The van der Waals surface area contributed by atoms with Crippen molar-refractivity contribution in [3.8, 4) is 0 Å². The molecule has 1 heterocycles. The quantitative estimate of drug-likeness (QED) is 0.603. The molecule has 10 heteroatoms. The first-order chi connectivity index (χ1) is 13.6. The second-order valence-electron chi connectivity index (χ2n) is 6.70. The molecule has 1 aliphatic heterocycles. The van der Waals surface area contributed by atoms with Gasteiger partial charge < -0.3 is 15.1 Å². The van der Waals surface area contributed by atoms with Crippen LogP contribution in [0.4, 0.5) is 37.7 Å². The third-order valence-corrected chi connectivity index (χ3v) is 4.70. The topological polar surface area (TPSA) is 35.6 Å². The van der Waals surface area contributed by atoms with Gasteiger partial charge in [0.1, 0.15) is 0 Å². The lowest BCUT2D eigenvalue weighted by Gasteiger charge is -2.35. The Kier molecular flexibility index (Phi) is 5.74. The van der Waals surface area contributed by atoms with Gasteiger partial charge in [0.25, 0.3) is 5.91 Å². The fourth-order valence-corrected chi connectivity index (χ4v) is 3.03. The summed E-state index contributed by atoms with van der Waals surface area (Å²) in [5.74, 6) is -6.20. The molecule has 3 rings (SSSR count). The Balaban J connectivity index is 1.97. The highest BCUT2D eigenvalue weighted by Gasteiger charge is 2.32. The molecule has 0 radical (unpaired) electrons. The van der Waals surface area contributed by atoms with Crippen molar-refractivity contribution in [3.05, 3.63) is 58.9 Å². The van der Waals surface area contributed by atoms with Crippen molar-refractivity contribution in [1.82, 2.24) is 4.90 Å². The number of halogens is 6. The van der Waals surface area contributed by atoms with Crippen LogP contribution < -0.4 is 10.2 Å². The Morgan fingerprint density at radius 2 is 1.62 bits per heavy atom. The maximum atomic E-state index is 13.9. The summed E-state index contributed by atoms with van der Waals surface area (Å²) in [5.41, 5.74) is -1.69. The molecule has 0 saturated carbocycles. The molecule has 0 aromatic heterocycles. The summed E-state index contributed by atoms with van der Waals surface area (Å²) in [4.78, 5) is 16.2. The van der Waals surface area contributed by atoms with Gasteiger partial charge >= 0.3 is 6.18 Å². The minimum Gasteiger partial charge on any atom is -0.367 e. The number of piperazine rings is 1. The molecule has 1 amide bonds. The van der Waals surface area contributed by atoms with E-state index in [2.05, 4.69) is 5.32 Å². The molecule has 0 unspecified atom stereocenters. The summed E-state index contributed by atoms with van der Waals surface area (Å²) in [5, 5.41) is 2.21. The van der Waals surface area contributed by atoms with Gasteiger partial charge in [-0.05, 0) is 37.4 Å². The van der Waals surface area contributed by atoms with Crippen molar-refractivity contribution < 1.29 is 31.1 Å². The van der Waals surface area contributed by atoms with Crippen LogP contribution in [0, 0.1) is 17.5 Å². The van der Waals surface area contributed by atoms with Crippen molar-refractivity contribution in [3.63, 3.8) is 0 Å². The lowest BCUT2D eigenvalue weighted by Crippen LogP contribution is -2.44. The number of hydrogen-bond acceptors (Lipinski definition) is 3. The number of anilines is 2. The third kappa shape index (κ3) is 4.47. The lowest BCUT2D eigenvalue weighted by molar-refractivity contribution is -0.137. The van der Waals surface area contributed by atoms with Gasteiger partial charge in [-0.1, -0.05) is 0 Å². The van der Waals surface area contributed by atoms with Crippen molar-refractivity contribution >= 4 is 17.3 Å². The van der Waals surface area contributed by atoms with Gasteiger partial charge in [0.15, 0.2) is 17.5 Å². The van der Waals surface area contributed by atoms with Crippen molar-refractivity contribution in [2.24, 2.45) is 0 Å². The van der Waals surface area contributed by atoms with Crippen LogP contribution in [0.15, 0.2) is 30.3 Å². The summed E-state index contributed by atoms with van der Waals surface area (Å²) in [7, 11) is 1.90. The smallest absolute Gasteiger partial charge is 0.367 e. The first kappa shape index (κ1) is 21.0. The molecule has 0 aliphatic carbocycles. The van der Waals surface area contributed by atoms with E-state index in [0.717, 1.165) is 18.2 Å². The number of carbonyl (C=O) groups excluding carboxylic acids is 1. The summed E-state index contributed by atoms with van der Waals surface area (Å²) in [6.07, 6.45) is -4.66. The number of alkyl halides is 3. The number of nitrogens with zero attached hydrogens (tertiary/aromatic N) is 2. The van der Waals surface area contributed by atoms with Gasteiger partial charge in [-0.15, -0.1) is 0 Å². The molecular formula is C19H17F6N3O. The predicted octanol–water partition coefficient (Wildman–Crippen LogP) is 4.13. The normalized spacial score (nSPS) is 15.5. The van der Waals surface area contributed by atoms with Gasteiger partial charge in [0.2, 0.25) is 0 Å². The van der Waals surface area contributed by atoms with E-state index < -0.39 is 40.7 Å². The Hall–Kier alpha value is -2.75. The van der Waals surface area contributed by atoms with Crippen LogP contribution in [0.25, 0.3) is 0 Å². The first-order valence-electron chi connectivity index (χ1n) is 8.67. The third-order valence-electron chi connectivity index (χ3n) is 4.70. The molecule has 0 atom stereocenters. The fraction of sp³-hybridized carbons (Fsp3) is 0.316. The Morgan fingerprint density at radius 3 is 2.24 bits per heavy atom. The largest absolute Gasteiger partial charge is 0.416 e. The van der Waals surface area contributed by atoms with Gasteiger partial charge in [0.05, 0.1) is 22.5 Å². The van der Waals surface area contributed by atoms with Crippen molar-refractivity contribution in [2.75, 3.05) is 43.4 Å². The number of hydrogen-bond donors (Lipinski definition) is 1. The number of rotatable bonds is 3. The maximum Gasteiger partial charge on any atom is 0.416 e. The number of amides is 1. The predicted molar refractivity (Wildman–Crippen MR) is 95.4 cm³/mol. The second kappa shape index (κ2) is 7.94. The van der Waals surface area contributed by atoms with E-state index in [1.165, 1.54) is 6.07 Å². The molecule has 1 N–H and O–H groups in total. The van der Waals surface area contributed by atoms with E-state index in [-0.39, 0.29) is 5.69 Å². The van der Waals surface area contributed by atoms with E-state index in [4.69, 9.17) is 0 Å². The van der Waals surface area contributed by atoms with Crippen LogP contribution in [0.5, 0.6) is 0 Å². The van der Waals surface area contributed by atoms with Crippen LogP contribution in [0.2, 0.25) is 0 Å². The molecule has 2 aromatic rings. The standard InChI is InChI=1S/C19H17F6N3O/c1-27-6-8-28(9-7-27)15-5-2-11(19(23,24)25)10-14(15)26-18(29)12-3-4-13(20)17(22)16(12)21/h2-5,10H,6-9H2,1H3,(H,26,29). The Labute approximate surface area is 162 Å². The summed E-state index contributed by atoms with van der Waals surface area (Å²) in [6.45, 7) is 2.33. The zero-order valence-electron chi connectivity index (χ0n) is 15.3. The SMILES string of the molecule is CN1CCN(c2ccc(C(F)(F)F)cc2NC(=O)c2ccc(F)c(F)c2F)CC1. The number of carbonyl (C=O) groups is 1. The van der Waals surface area contributed by atoms with Gasteiger partial charge in [-0.25, -0.2) is 13.2 Å². The second-order valence-corrected chi connectivity index (χ2v) is 6.70. The average molecular weight is 417 g/mol. The molecule has 1 saturated heterocycles. The lowest BCUT2D eigenvalue weighted by atomic mass is 10.1. The Bertz CT molecular complexity index is 923. The highest BCUT2D eigenvalue weighted by atomic mass is 19.4. The molecule has 0 spiro atoms. The minimum absolute atomic E-state index is 0.196. The summed E-state index contributed by atoms with van der Waals surface area (Å²) in [6, 6.07) is 4.16. The molecule has 2 aromatic carbocycles. The van der Waals surface area contributed by atoms with E-state index >= 15 is 0 Å². The van der Waals surface area contributed by atoms with Gasteiger partial charge in [-0.2, -0.15) is 13.2 Å². The number of likely N-dealkylation sites (N-methyl/N-ethyl adjacent to an activating group) is 1. The summed E-state index contributed by atoms with van der Waals surface area (Å²) < 4.78 is 79.8. The fourth-order valence-electron chi connectivity index (χ4n) is 3.03.